The third-order valence-corrected chi connectivity index (χ3v) is 4.69. The van der Waals surface area contributed by atoms with Crippen LogP contribution in [0.15, 0.2) is 47.6 Å². The first-order chi connectivity index (χ1) is 12.5. The number of carbonyl (C=O) groups is 1. The Hall–Kier alpha value is -1.80. The second kappa shape index (κ2) is 10.4. The van der Waals surface area contributed by atoms with Crippen molar-refractivity contribution in [3.63, 3.8) is 0 Å². The molecule has 0 aliphatic heterocycles. The van der Waals surface area contributed by atoms with Crippen molar-refractivity contribution in [1.82, 2.24) is 5.32 Å². The van der Waals surface area contributed by atoms with Crippen LogP contribution in [-0.2, 0) is 22.7 Å². The van der Waals surface area contributed by atoms with Gasteiger partial charge in [0.15, 0.2) is 0 Å². The third-order valence-electron chi connectivity index (χ3n) is 3.60. The van der Waals surface area contributed by atoms with Crippen molar-refractivity contribution in [3.8, 4) is 0 Å². The van der Waals surface area contributed by atoms with Crippen LogP contribution in [0, 0.1) is 6.92 Å². The Bertz CT molecular complexity index is 796. The van der Waals surface area contributed by atoms with Gasteiger partial charge in [0.05, 0.1) is 12.8 Å². The van der Waals surface area contributed by atoms with Gasteiger partial charge in [0.1, 0.15) is 6.61 Å². The van der Waals surface area contributed by atoms with Gasteiger partial charge in [0, 0.05) is 21.6 Å². The van der Waals surface area contributed by atoms with Gasteiger partial charge in [0.2, 0.25) is 0 Å². The molecule has 0 radical (unpaired) electrons. The number of carbonyl (C=O) groups excluding carboxylic acids is 1. The van der Waals surface area contributed by atoms with Crippen molar-refractivity contribution >= 4 is 46.0 Å². The van der Waals surface area contributed by atoms with Gasteiger partial charge < -0.3 is 14.9 Å². The summed E-state index contributed by atoms with van der Waals surface area (Å²) in [6.45, 7) is 2.73. The Morgan fingerprint density at radius 2 is 2.08 bits per heavy atom. The van der Waals surface area contributed by atoms with E-state index < -0.39 is 6.09 Å². The summed E-state index contributed by atoms with van der Waals surface area (Å²) in [7, 11) is 1.32. The molecule has 7 heteroatoms. The van der Waals surface area contributed by atoms with E-state index in [0.29, 0.717) is 16.1 Å². The zero-order valence-electron chi connectivity index (χ0n) is 14.6. The van der Waals surface area contributed by atoms with Crippen molar-refractivity contribution in [2.24, 2.45) is 5.16 Å². The van der Waals surface area contributed by atoms with Crippen LogP contribution in [-0.4, -0.2) is 23.3 Å². The number of benzene rings is 2. The number of alkyl carbamates (subject to hydrolysis) is 1. The second-order valence-electron chi connectivity index (χ2n) is 5.59. The molecule has 0 unspecified atom stereocenters. The number of alkyl halides is 1. The molecule has 2 aromatic carbocycles. The number of nitrogens with one attached hydrogen (secondary N) is 1. The number of amides is 1. The number of ether oxygens (including phenoxy) is 1. The summed E-state index contributed by atoms with van der Waals surface area (Å²) in [5.41, 5.74) is 4.74. The fourth-order valence-electron chi connectivity index (χ4n) is 2.27. The van der Waals surface area contributed by atoms with Crippen LogP contribution in [0.5, 0.6) is 0 Å². The van der Waals surface area contributed by atoms with E-state index in [0.717, 1.165) is 22.4 Å². The average Bonchev–Trinajstić information content (AvgIpc) is 2.64. The van der Waals surface area contributed by atoms with Gasteiger partial charge in [-0.15, -0.1) is 0 Å². The molecule has 2 aromatic rings. The number of nitrogens with zero attached hydrogens (tertiary/aromatic N) is 1. The Kier molecular flexibility index (Phi) is 8.18. The third kappa shape index (κ3) is 6.17. The van der Waals surface area contributed by atoms with Gasteiger partial charge >= 0.3 is 6.09 Å². The van der Waals surface area contributed by atoms with Gasteiger partial charge in [0.25, 0.3) is 0 Å². The molecule has 138 valence electrons. The fourth-order valence-corrected chi connectivity index (χ4v) is 3.03. The standard InChI is InChI=1S/C19H20ClIN2O3/c1-13-4-3-5-14(8-13)12-26-23-18(10-21)15-6-7-17(20)16(9-15)11-22-19(24)25-2/h3-9H,10-12H2,1-2H3,(H,22,24). The molecule has 0 aliphatic carbocycles. The Balaban J connectivity index is 2.09. The van der Waals surface area contributed by atoms with Crippen LogP contribution in [0.25, 0.3) is 0 Å². The first kappa shape index (κ1) is 20.5. The minimum atomic E-state index is -0.504. The van der Waals surface area contributed by atoms with E-state index in [9.17, 15) is 4.79 Å². The highest BCUT2D eigenvalue weighted by molar-refractivity contribution is 14.1. The number of aryl methyl sites for hydroxylation is 1. The lowest BCUT2D eigenvalue weighted by molar-refractivity contribution is 0.130. The van der Waals surface area contributed by atoms with Crippen molar-refractivity contribution in [2.45, 2.75) is 20.1 Å². The molecule has 2 rings (SSSR count). The highest BCUT2D eigenvalue weighted by Gasteiger charge is 2.09. The molecule has 0 heterocycles. The molecule has 0 aromatic heterocycles. The summed E-state index contributed by atoms with van der Waals surface area (Å²) < 4.78 is 5.25. The molecular formula is C19H20ClIN2O3. The Morgan fingerprint density at radius 1 is 1.27 bits per heavy atom. The van der Waals surface area contributed by atoms with Gasteiger partial charge in [-0.25, -0.2) is 4.79 Å². The summed E-state index contributed by atoms with van der Waals surface area (Å²) in [4.78, 5) is 16.8. The number of rotatable bonds is 7. The largest absolute Gasteiger partial charge is 0.453 e. The first-order valence-electron chi connectivity index (χ1n) is 7.94. The lowest BCUT2D eigenvalue weighted by Crippen LogP contribution is -2.22. The summed E-state index contributed by atoms with van der Waals surface area (Å²) in [6, 6.07) is 13.7. The van der Waals surface area contributed by atoms with E-state index in [1.165, 1.54) is 12.7 Å². The molecule has 1 N–H and O–H groups in total. The number of halogens is 2. The van der Waals surface area contributed by atoms with E-state index in [-0.39, 0.29) is 6.54 Å². The number of oxime groups is 1. The fraction of sp³-hybridized carbons (Fsp3) is 0.263. The van der Waals surface area contributed by atoms with Gasteiger partial charge in [-0.3, -0.25) is 0 Å². The van der Waals surface area contributed by atoms with Gasteiger partial charge in [-0.1, -0.05) is 75.2 Å². The monoisotopic (exact) mass is 486 g/mol. The molecule has 0 spiro atoms. The number of methoxy groups -OCH3 is 1. The molecule has 0 aliphatic rings. The minimum Gasteiger partial charge on any atom is -0.453 e. The minimum absolute atomic E-state index is 0.276. The van der Waals surface area contributed by atoms with Crippen LogP contribution in [0.3, 0.4) is 0 Å². The second-order valence-corrected chi connectivity index (χ2v) is 6.76. The molecule has 0 saturated carbocycles. The molecule has 0 fully saturated rings. The topological polar surface area (TPSA) is 59.9 Å². The van der Waals surface area contributed by atoms with Crippen LogP contribution < -0.4 is 5.32 Å². The van der Waals surface area contributed by atoms with Crippen LogP contribution in [0.2, 0.25) is 5.02 Å². The van der Waals surface area contributed by atoms with Crippen LogP contribution >= 0.6 is 34.2 Å². The van der Waals surface area contributed by atoms with E-state index >= 15 is 0 Å². The average molecular weight is 487 g/mol. The van der Waals surface area contributed by atoms with E-state index in [1.807, 2.05) is 37.3 Å². The van der Waals surface area contributed by atoms with Gasteiger partial charge in [-0.05, 0) is 30.2 Å². The first-order valence-corrected chi connectivity index (χ1v) is 9.84. The normalized spacial score (nSPS) is 11.2. The smallest absolute Gasteiger partial charge is 0.407 e. The Labute approximate surface area is 171 Å². The Morgan fingerprint density at radius 3 is 2.77 bits per heavy atom. The summed E-state index contributed by atoms with van der Waals surface area (Å²) >= 11 is 8.44. The molecule has 0 saturated heterocycles. The highest BCUT2D eigenvalue weighted by atomic mass is 127. The number of hydrogen-bond donors (Lipinski definition) is 1. The molecular weight excluding hydrogens is 467 g/mol. The number of hydrogen-bond acceptors (Lipinski definition) is 4. The predicted octanol–water partition coefficient (Wildman–Crippen LogP) is 4.86. The predicted molar refractivity (Wildman–Crippen MR) is 112 cm³/mol. The summed E-state index contributed by atoms with van der Waals surface area (Å²) in [5, 5.41) is 7.47. The van der Waals surface area contributed by atoms with Crippen molar-refractivity contribution in [1.29, 1.82) is 0 Å². The molecule has 5 nitrogen and oxygen atoms in total. The van der Waals surface area contributed by atoms with Crippen LogP contribution in [0.1, 0.15) is 22.3 Å². The van der Waals surface area contributed by atoms with E-state index in [1.54, 1.807) is 6.07 Å². The molecule has 26 heavy (non-hydrogen) atoms. The van der Waals surface area contributed by atoms with E-state index in [4.69, 9.17) is 16.4 Å². The maximum Gasteiger partial charge on any atom is 0.407 e. The van der Waals surface area contributed by atoms with Crippen LogP contribution in [0.4, 0.5) is 4.79 Å². The lowest BCUT2D eigenvalue weighted by Gasteiger charge is -2.10. The zero-order valence-corrected chi connectivity index (χ0v) is 17.5. The van der Waals surface area contributed by atoms with Gasteiger partial charge in [-0.2, -0.15) is 0 Å². The van der Waals surface area contributed by atoms with Crippen molar-refractivity contribution in [3.05, 3.63) is 69.7 Å². The summed E-state index contributed by atoms with van der Waals surface area (Å²) in [6.07, 6.45) is -0.504. The van der Waals surface area contributed by atoms with E-state index in [2.05, 4.69) is 43.9 Å². The SMILES string of the molecule is COC(=O)NCc1cc(C(CI)=NOCc2cccc(C)c2)ccc1Cl. The molecule has 1 amide bonds. The lowest BCUT2D eigenvalue weighted by atomic mass is 10.1. The maximum atomic E-state index is 11.3. The summed E-state index contributed by atoms with van der Waals surface area (Å²) in [5.74, 6) is 0. The zero-order chi connectivity index (χ0) is 18.9. The highest BCUT2D eigenvalue weighted by Crippen LogP contribution is 2.19. The quantitative estimate of drug-likeness (QED) is 0.263. The molecule has 0 atom stereocenters. The maximum absolute atomic E-state index is 11.3. The molecule has 0 bridgehead atoms. The van der Waals surface area contributed by atoms with Crippen molar-refractivity contribution in [2.75, 3.05) is 11.5 Å². The van der Waals surface area contributed by atoms with Crippen molar-refractivity contribution < 1.29 is 14.4 Å².